The van der Waals surface area contributed by atoms with Crippen molar-refractivity contribution in [3.8, 4) is 34.1 Å². The molecule has 2 nitrogen and oxygen atoms in total. The molecule has 0 heterocycles. The fourth-order valence-electron chi connectivity index (χ4n) is 4.40. The summed E-state index contributed by atoms with van der Waals surface area (Å²) < 4.78 is 85.1. The molecule has 2 unspecified atom stereocenters. The van der Waals surface area contributed by atoms with Crippen LogP contribution in [0.25, 0.3) is 11.1 Å². The van der Waals surface area contributed by atoms with Gasteiger partial charge in [-0.05, 0) is 30.7 Å². The van der Waals surface area contributed by atoms with Crippen LogP contribution in [0.5, 0.6) is 11.5 Å². The summed E-state index contributed by atoms with van der Waals surface area (Å²) in [5.41, 5.74) is 2.46. The number of rotatable bonds is 15. The van der Waals surface area contributed by atoms with E-state index in [4.69, 9.17) is 9.47 Å². The lowest BCUT2D eigenvalue weighted by molar-refractivity contribution is 0.228. The standard InChI is InChI=1S/C33H45F5O2Si/c1-8-12-14-22(10-3)20-39-26-19-25(28-29(34)31(36)33(38)32(37)30(28)35)27(18-24(26)16-17-41(5,6)7)40-21-23(11-4)15-13-9-2/h18-19,22-23H,8-15,20-21H2,1-7H3. The molecular weight excluding hydrogens is 551 g/mol. The van der Waals surface area contributed by atoms with E-state index in [-0.39, 0.29) is 35.5 Å². The zero-order valence-electron chi connectivity index (χ0n) is 25.6. The first-order chi connectivity index (χ1) is 19.4. The van der Waals surface area contributed by atoms with Gasteiger partial charge in [-0.15, -0.1) is 5.54 Å². The molecule has 8 heteroatoms. The highest BCUT2D eigenvalue weighted by atomic mass is 28.3. The number of hydrogen-bond acceptors (Lipinski definition) is 2. The fraction of sp³-hybridized carbons (Fsp3) is 0.576. The Morgan fingerprint density at radius 1 is 0.683 bits per heavy atom. The molecule has 0 N–H and O–H groups in total. The average molecular weight is 597 g/mol. The summed E-state index contributed by atoms with van der Waals surface area (Å²) in [4.78, 5) is 0. The van der Waals surface area contributed by atoms with Gasteiger partial charge in [0.05, 0.1) is 24.3 Å². The Kier molecular flexibility index (Phi) is 13.7. The summed E-state index contributed by atoms with van der Waals surface area (Å²) in [5, 5.41) is 0. The van der Waals surface area contributed by atoms with Gasteiger partial charge in [0.25, 0.3) is 0 Å². The summed E-state index contributed by atoms with van der Waals surface area (Å²) in [6, 6.07) is 2.84. The highest BCUT2D eigenvalue weighted by Gasteiger charge is 2.29. The zero-order valence-corrected chi connectivity index (χ0v) is 26.6. The van der Waals surface area contributed by atoms with Crippen molar-refractivity contribution in [3.63, 3.8) is 0 Å². The predicted molar refractivity (Wildman–Crippen MR) is 159 cm³/mol. The smallest absolute Gasteiger partial charge is 0.200 e. The van der Waals surface area contributed by atoms with Crippen molar-refractivity contribution in [2.24, 2.45) is 11.8 Å². The quantitative estimate of drug-likeness (QED) is 0.0669. The minimum atomic E-state index is -2.20. The van der Waals surface area contributed by atoms with E-state index in [1.807, 2.05) is 6.92 Å². The molecule has 0 saturated heterocycles. The molecule has 0 aliphatic heterocycles. The van der Waals surface area contributed by atoms with Crippen LogP contribution in [0.1, 0.15) is 84.6 Å². The summed E-state index contributed by atoms with van der Waals surface area (Å²) in [7, 11) is -1.84. The number of ether oxygens (including phenoxy) is 2. The van der Waals surface area contributed by atoms with Crippen molar-refractivity contribution in [3.05, 3.63) is 46.8 Å². The Morgan fingerprint density at radius 3 is 1.59 bits per heavy atom. The SMILES string of the molecule is CCCCC(CC)COc1cc(-c2c(F)c(F)c(F)c(F)c2F)c(OCC(CC)CCCC)cc1C#C[Si](C)(C)C. The summed E-state index contributed by atoms with van der Waals surface area (Å²) >= 11 is 0. The molecule has 228 valence electrons. The monoisotopic (exact) mass is 596 g/mol. The molecule has 0 bridgehead atoms. The van der Waals surface area contributed by atoms with Gasteiger partial charge >= 0.3 is 0 Å². The number of hydrogen-bond donors (Lipinski definition) is 0. The second-order valence-electron chi connectivity index (χ2n) is 11.7. The van der Waals surface area contributed by atoms with Crippen LogP contribution in [0.4, 0.5) is 22.0 Å². The van der Waals surface area contributed by atoms with Gasteiger partial charge < -0.3 is 9.47 Å². The highest BCUT2D eigenvalue weighted by Crippen LogP contribution is 2.41. The summed E-state index contributed by atoms with van der Waals surface area (Å²) in [6.45, 7) is 15.1. The van der Waals surface area contributed by atoms with Crippen molar-refractivity contribution >= 4 is 8.07 Å². The normalized spacial score (nSPS) is 13.0. The zero-order chi connectivity index (χ0) is 30.7. The summed E-state index contributed by atoms with van der Waals surface area (Å²) in [5.74, 6) is -6.23. The Labute approximate surface area is 244 Å². The van der Waals surface area contributed by atoms with Gasteiger partial charge in [0, 0.05) is 11.6 Å². The topological polar surface area (TPSA) is 18.5 Å². The molecule has 2 aromatic carbocycles. The van der Waals surface area contributed by atoms with E-state index in [9.17, 15) is 13.2 Å². The third-order valence-electron chi connectivity index (χ3n) is 7.17. The number of benzene rings is 2. The maximum absolute atomic E-state index is 15.1. The minimum Gasteiger partial charge on any atom is -0.493 e. The van der Waals surface area contributed by atoms with Crippen LogP contribution < -0.4 is 9.47 Å². The maximum Gasteiger partial charge on any atom is 0.200 e. The fourth-order valence-corrected chi connectivity index (χ4v) is 4.91. The molecule has 2 aromatic rings. The van der Waals surface area contributed by atoms with Crippen LogP contribution in [0.15, 0.2) is 12.1 Å². The molecule has 41 heavy (non-hydrogen) atoms. The molecule has 0 aliphatic rings. The van der Waals surface area contributed by atoms with E-state index in [2.05, 4.69) is 51.9 Å². The van der Waals surface area contributed by atoms with Gasteiger partial charge in [-0.2, -0.15) is 0 Å². The molecule has 0 radical (unpaired) electrons. The van der Waals surface area contributed by atoms with Crippen molar-refractivity contribution in [1.29, 1.82) is 0 Å². The third-order valence-corrected chi connectivity index (χ3v) is 8.04. The lowest BCUT2D eigenvalue weighted by Crippen LogP contribution is -2.17. The van der Waals surface area contributed by atoms with Crippen molar-refractivity contribution in [2.75, 3.05) is 13.2 Å². The Balaban J connectivity index is 2.76. The third kappa shape index (κ3) is 9.77. The lowest BCUT2D eigenvalue weighted by Gasteiger charge is -2.21. The first kappa shape index (κ1) is 34.7. The molecule has 2 atom stereocenters. The van der Waals surface area contributed by atoms with Gasteiger partial charge in [-0.3, -0.25) is 0 Å². The Morgan fingerprint density at radius 2 is 1.15 bits per heavy atom. The van der Waals surface area contributed by atoms with E-state index >= 15 is 8.78 Å². The van der Waals surface area contributed by atoms with Gasteiger partial charge in [0.2, 0.25) is 5.82 Å². The molecule has 0 spiro atoms. The Hall–Kier alpha value is -2.53. The summed E-state index contributed by atoms with van der Waals surface area (Å²) in [6.07, 6.45) is 7.60. The van der Waals surface area contributed by atoms with Gasteiger partial charge in [0.15, 0.2) is 23.3 Å². The van der Waals surface area contributed by atoms with E-state index in [1.54, 1.807) is 0 Å². The molecule has 0 amide bonds. The first-order valence-corrected chi connectivity index (χ1v) is 18.4. The van der Waals surface area contributed by atoms with Gasteiger partial charge in [-0.1, -0.05) is 91.8 Å². The lowest BCUT2D eigenvalue weighted by atomic mass is 9.98. The Bertz CT molecular complexity index is 1180. The maximum atomic E-state index is 15.1. The van der Waals surface area contributed by atoms with Crippen LogP contribution >= 0.6 is 0 Å². The van der Waals surface area contributed by atoms with Crippen LogP contribution in [-0.4, -0.2) is 21.3 Å². The molecule has 2 rings (SSSR count). The van der Waals surface area contributed by atoms with E-state index < -0.39 is 42.7 Å². The number of halogens is 5. The first-order valence-electron chi connectivity index (χ1n) is 14.9. The largest absolute Gasteiger partial charge is 0.493 e. The van der Waals surface area contributed by atoms with Crippen LogP contribution in [0, 0.1) is 52.4 Å². The van der Waals surface area contributed by atoms with Crippen LogP contribution in [-0.2, 0) is 0 Å². The molecule has 0 aliphatic carbocycles. The second kappa shape index (κ2) is 16.2. The van der Waals surface area contributed by atoms with E-state index in [0.717, 1.165) is 51.4 Å². The van der Waals surface area contributed by atoms with Gasteiger partial charge in [0.1, 0.15) is 19.6 Å². The van der Waals surface area contributed by atoms with E-state index in [0.29, 0.717) is 12.2 Å². The van der Waals surface area contributed by atoms with Crippen LogP contribution in [0.3, 0.4) is 0 Å². The molecule has 0 aromatic heterocycles. The van der Waals surface area contributed by atoms with E-state index in [1.165, 1.54) is 12.1 Å². The van der Waals surface area contributed by atoms with Crippen molar-refractivity contribution < 1.29 is 31.4 Å². The van der Waals surface area contributed by atoms with Crippen molar-refractivity contribution in [2.45, 2.75) is 98.7 Å². The van der Waals surface area contributed by atoms with Crippen molar-refractivity contribution in [1.82, 2.24) is 0 Å². The minimum absolute atomic E-state index is 0.00778. The molecule has 0 fully saturated rings. The van der Waals surface area contributed by atoms with Crippen LogP contribution in [0.2, 0.25) is 19.6 Å². The van der Waals surface area contributed by atoms with Gasteiger partial charge in [-0.25, -0.2) is 22.0 Å². The second-order valence-corrected chi connectivity index (χ2v) is 16.5. The predicted octanol–water partition coefficient (Wildman–Crippen LogP) is 10.5. The molecule has 0 saturated carbocycles. The number of unbranched alkanes of at least 4 members (excludes halogenated alkanes) is 2. The average Bonchev–Trinajstić information content (AvgIpc) is 2.94. The molecular formula is C33H45F5O2Si. The highest BCUT2D eigenvalue weighted by molar-refractivity contribution is 6.83.